The first-order valence-corrected chi connectivity index (χ1v) is 6.20. The Labute approximate surface area is 97.7 Å². The summed E-state index contributed by atoms with van der Waals surface area (Å²) in [7, 11) is 2.04. The second-order valence-electron chi connectivity index (χ2n) is 5.01. The molecule has 1 aliphatic carbocycles. The summed E-state index contributed by atoms with van der Waals surface area (Å²) in [6, 6.07) is 0. The topological polar surface area (TPSA) is 37.8 Å². The van der Waals surface area contributed by atoms with E-state index in [-0.39, 0.29) is 0 Å². The minimum atomic E-state index is 0.636. The Morgan fingerprint density at radius 1 is 1.31 bits per heavy atom. The summed E-state index contributed by atoms with van der Waals surface area (Å²) in [5.74, 6) is 2.21. The van der Waals surface area contributed by atoms with Gasteiger partial charge in [-0.05, 0) is 49.8 Å². The highest BCUT2D eigenvalue weighted by atomic mass is 14.8. The molecule has 1 aromatic rings. The summed E-state index contributed by atoms with van der Waals surface area (Å²) in [4.78, 5) is 8.30. The van der Waals surface area contributed by atoms with Crippen LogP contribution >= 0.6 is 0 Å². The molecule has 3 unspecified atom stereocenters. The average molecular weight is 219 g/mol. The first kappa shape index (κ1) is 11.5. The molecule has 1 N–H and O–H groups in total. The van der Waals surface area contributed by atoms with Gasteiger partial charge in [-0.1, -0.05) is 13.3 Å². The van der Waals surface area contributed by atoms with Crippen LogP contribution in [0.2, 0.25) is 0 Å². The summed E-state index contributed by atoms with van der Waals surface area (Å²) < 4.78 is 0. The van der Waals surface area contributed by atoms with E-state index in [1.807, 2.05) is 19.4 Å². The molecule has 0 aliphatic heterocycles. The van der Waals surface area contributed by atoms with E-state index in [2.05, 4.69) is 22.2 Å². The normalized spacial score (nSPS) is 30.2. The van der Waals surface area contributed by atoms with Gasteiger partial charge < -0.3 is 5.32 Å². The van der Waals surface area contributed by atoms with Gasteiger partial charge in [-0.15, -0.1) is 0 Å². The summed E-state index contributed by atoms with van der Waals surface area (Å²) >= 11 is 0. The summed E-state index contributed by atoms with van der Waals surface area (Å²) in [5.41, 5.74) is 1.31. The van der Waals surface area contributed by atoms with Crippen molar-refractivity contribution < 1.29 is 0 Å². The molecular formula is C13H21N3. The predicted molar refractivity (Wildman–Crippen MR) is 65.2 cm³/mol. The van der Waals surface area contributed by atoms with Crippen LogP contribution in [0.25, 0.3) is 0 Å². The molecule has 3 atom stereocenters. The van der Waals surface area contributed by atoms with Crippen LogP contribution in [-0.2, 0) is 0 Å². The lowest BCUT2D eigenvalue weighted by atomic mass is 9.72. The lowest BCUT2D eigenvalue weighted by Gasteiger charge is -2.34. The molecule has 1 saturated carbocycles. The van der Waals surface area contributed by atoms with Gasteiger partial charge in [0.05, 0.1) is 0 Å². The van der Waals surface area contributed by atoms with Crippen LogP contribution in [0.15, 0.2) is 18.7 Å². The first-order chi connectivity index (χ1) is 7.81. The van der Waals surface area contributed by atoms with E-state index in [0.29, 0.717) is 5.92 Å². The summed E-state index contributed by atoms with van der Waals surface area (Å²) in [6.07, 6.45) is 9.54. The van der Waals surface area contributed by atoms with E-state index in [1.54, 1.807) is 6.33 Å². The molecule has 88 valence electrons. The van der Waals surface area contributed by atoms with Crippen molar-refractivity contribution in [2.24, 2.45) is 11.8 Å². The van der Waals surface area contributed by atoms with Crippen LogP contribution < -0.4 is 5.32 Å². The highest BCUT2D eigenvalue weighted by Crippen LogP contribution is 2.39. The average Bonchev–Trinajstić information content (AvgIpc) is 2.33. The van der Waals surface area contributed by atoms with Crippen molar-refractivity contribution in [3.63, 3.8) is 0 Å². The quantitative estimate of drug-likeness (QED) is 0.847. The van der Waals surface area contributed by atoms with Gasteiger partial charge in [0.15, 0.2) is 0 Å². The second-order valence-corrected chi connectivity index (χ2v) is 5.01. The molecule has 16 heavy (non-hydrogen) atoms. The van der Waals surface area contributed by atoms with Crippen molar-refractivity contribution in [1.29, 1.82) is 0 Å². The molecule has 2 rings (SSSR count). The number of aromatic nitrogens is 2. The molecule has 0 radical (unpaired) electrons. The molecule has 3 heteroatoms. The van der Waals surface area contributed by atoms with Gasteiger partial charge in [0.1, 0.15) is 6.33 Å². The van der Waals surface area contributed by atoms with Crippen LogP contribution in [-0.4, -0.2) is 23.6 Å². The van der Waals surface area contributed by atoms with Crippen LogP contribution in [0.1, 0.15) is 37.7 Å². The molecule has 1 fully saturated rings. The van der Waals surface area contributed by atoms with E-state index in [1.165, 1.54) is 24.8 Å². The molecule has 0 amide bonds. The highest BCUT2D eigenvalue weighted by Gasteiger charge is 2.29. The first-order valence-electron chi connectivity index (χ1n) is 6.20. The monoisotopic (exact) mass is 219 g/mol. The fraction of sp³-hybridized carbons (Fsp3) is 0.692. The molecule has 1 aromatic heterocycles. The zero-order chi connectivity index (χ0) is 11.4. The van der Waals surface area contributed by atoms with E-state index < -0.39 is 0 Å². The molecule has 3 nitrogen and oxygen atoms in total. The highest BCUT2D eigenvalue weighted by molar-refractivity contribution is 5.13. The Kier molecular flexibility index (Phi) is 3.88. The number of rotatable bonds is 3. The van der Waals surface area contributed by atoms with Crippen LogP contribution in [0.5, 0.6) is 0 Å². The lowest BCUT2D eigenvalue weighted by molar-refractivity contribution is 0.244. The van der Waals surface area contributed by atoms with Crippen LogP contribution in [0.4, 0.5) is 0 Å². The zero-order valence-electron chi connectivity index (χ0n) is 10.2. The van der Waals surface area contributed by atoms with Crippen LogP contribution in [0, 0.1) is 11.8 Å². The van der Waals surface area contributed by atoms with Gasteiger partial charge in [0.25, 0.3) is 0 Å². The Bertz CT molecular complexity index is 312. The van der Waals surface area contributed by atoms with Gasteiger partial charge in [-0.25, -0.2) is 9.97 Å². The van der Waals surface area contributed by atoms with E-state index in [4.69, 9.17) is 0 Å². The number of hydrogen-bond donors (Lipinski definition) is 1. The van der Waals surface area contributed by atoms with Crippen molar-refractivity contribution >= 4 is 0 Å². The van der Waals surface area contributed by atoms with Gasteiger partial charge >= 0.3 is 0 Å². The van der Waals surface area contributed by atoms with E-state index >= 15 is 0 Å². The molecule has 0 spiro atoms. The Morgan fingerprint density at radius 3 is 2.75 bits per heavy atom. The maximum atomic E-state index is 4.15. The minimum absolute atomic E-state index is 0.636. The predicted octanol–water partition coefficient (Wildman–Crippen LogP) is 2.22. The van der Waals surface area contributed by atoms with Crippen LogP contribution in [0.3, 0.4) is 0 Å². The molecule has 0 aromatic carbocycles. The number of nitrogens with zero attached hydrogens (tertiary/aromatic N) is 2. The van der Waals surface area contributed by atoms with Crippen molar-refractivity contribution in [1.82, 2.24) is 15.3 Å². The third-order valence-electron chi connectivity index (χ3n) is 3.73. The SMILES string of the molecule is CNCC1CCC(C)CC1c1cncnc1. The molecule has 0 bridgehead atoms. The third-order valence-corrected chi connectivity index (χ3v) is 3.73. The van der Waals surface area contributed by atoms with Gasteiger partial charge in [0.2, 0.25) is 0 Å². The van der Waals surface area contributed by atoms with E-state index in [9.17, 15) is 0 Å². The van der Waals surface area contributed by atoms with Crippen molar-refractivity contribution in [2.45, 2.75) is 32.1 Å². The van der Waals surface area contributed by atoms with Crippen molar-refractivity contribution in [3.8, 4) is 0 Å². The molecule has 1 aliphatic rings. The van der Waals surface area contributed by atoms with Gasteiger partial charge in [-0.2, -0.15) is 0 Å². The zero-order valence-corrected chi connectivity index (χ0v) is 10.2. The Morgan fingerprint density at radius 2 is 2.06 bits per heavy atom. The lowest BCUT2D eigenvalue weighted by Crippen LogP contribution is -2.30. The number of hydrogen-bond acceptors (Lipinski definition) is 3. The maximum absolute atomic E-state index is 4.15. The fourth-order valence-corrected chi connectivity index (χ4v) is 2.86. The third kappa shape index (κ3) is 2.59. The van der Waals surface area contributed by atoms with Gasteiger partial charge in [-0.3, -0.25) is 0 Å². The Balaban J connectivity index is 2.14. The smallest absolute Gasteiger partial charge is 0.115 e. The van der Waals surface area contributed by atoms with E-state index in [0.717, 1.165) is 18.4 Å². The largest absolute Gasteiger partial charge is 0.319 e. The number of nitrogens with one attached hydrogen (secondary N) is 1. The summed E-state index contributed by atoms with van der Waals surface area (Å²) in [5, 5.41) is 3.31. The van der Waals surface area contributed by atoms with Gasteiger partial charge in [0, 0.05) is 12.4 Å². The maximum Gasteiger partial charge on any atom is 0.115 e. The van der Waals surface area contributed by atoms with Crippen molar-refractivity contribution in [3.05, 3.63) is 24.3 Å². The minimum Gasteiger partial charge on any atom is -0.319 e. The standard InChI is InChI=1S/C13H21N3/c1-10-3-4-11(6-14-2)13(5-10)12-7-15-9-16-8-12/h7-11,13-14H,3-6H2,1-2H3. The van der Waals surface area contributed by atoms with Crippen molar-refractivity contribution in [2.75, 3.05) is 13.6 Å². The second kappa shape index (κ2) is 5.39. The summed E-state index contributed by atoms with van der Waals surface area (Å²) in [6.45, 7) is 3.46. The molecular weight excluding hydrogens is 198 g/mol. The molecule has 1 heterocycles. The molecule has 0 saturated heterocycles. The fourth-order valence-electron chi connectivity index (χ4n) is 2.86. The Hall–Kier alpha value is -0.960.